The Morgan fingerprint density at radius 2 is 1.55 bits per heavy atom. The quantitative estimate of drug-likeness (QED) is 0.575. The second-order valence-electron chi connectivity index (χ2n) is 12.1. The van der Waals surface area contributed by atoms with Crippen LogP contribution in [0.15, 0.2) is 0 Å². The van der Waals surface area contributed by atoms with Gasteiger partial charge >= 0.3 is 11.9 Å². The highest BCUT2D eigenvalue weighted by Gasteiger charge is 2.63. The molecule has 0 spiro atoms. The lowest BCUT2D eigenvalue weighted by molar-refractivity contribution is -0.196. The third kappa shape index (κ3) is 4.55. The molecular weight excluding hydrogens is 418 g/mol. The van der Waals surface area contributed by atoms with Gasteiger partial charge in [-0.2, -0.15) is 0 Å². The fourth-order valence-corrected chi connectivity index (χ4v) is 8.94. The van der Waals surface area contributed by atoms with Crippen LogP contribution in [0.2, 0.25) is 0 Å². The highest BCUT2D eigenvalue weighted by atomic mass is 16.5. The van der Waals surface area contributed by atoms with Crippen LogP contribution < -0.4 is 5.73 Å². The Morgan fingerprint density at radius 3 is 2.21 bits per heavy atom. The maximum Gasteiger partial charge on any atom is 0.302 e. The number of carbonyl (C=O) groups excluding carboxylic acids is 3. The molecule has 4 rings (SSSR count). The van der Waals surface area contributed by atoms with Crippen molar-refractivity contribution in [1.29, 1.82) is 0 Å². The fourth-order valence-electron chi connectivity index (χ4n) is 8.94. The summed E-state index contributed by atoms with van der Waals surface area (Å²) in [6.45, 7) is 7.96. The normalized spacial score (nSPS) is 44.2. The number of rotatable bonds is 6. The number of ether oxygens (including phenoxy) is 2. The monoisotopic (exact) mass is 461 g/mol. The van der Waals surface area contributed by atoms with E-state index in [9.17, 15) is 14.4 Å². The first-order valence-electron chi connectivity index (χ1n) is 13.2. The Balaban J connectivity index is 1.57. The summed E-state index contributed by atoms with van der Waals surface area (Å²) in [6, 6.07) is 0. The minimum absolute atomic E-state index is 0.00919. The second kappa shape index (κ2) is 9.22. The summed E-state index contributed by atoms with van der Waals surface area (Å²) in [4.78, 5) is 35.0. The van der Waals surface area contributed by atoms with Gasteiger partial charge in [0.1, 0.15) is 12.2 Å². The van der Waals surface area contributed by atoms with Crippen molar-refractivity contribution in [3.63, 3.8) is 0 Å². The molecule has 4 aliphatic carbocycles. The van der Waals surface area contributed by atoms with E-state index >= 15 is 0 Å². The highest BCUT2D eigenvalue weighted by Crippen LogP contribution is 2.68. The fraction of sp³-hybridized carbons (Fsp3) is 0.889. The summed E-state index contributed by atoms with van der Waals surface area (Å²) in [5, 5.41) is 0. The average Bonchev–Trinajstić information content (AvgIpc) is 3.04. The molecule has 1 amide bonds. The summed E-state index contributed by atoms with van der Waals surface area (Å²) < 4.78 is 11.7. The molecular formula is C27H43NO5. The zero-order chi connectivity index (χ0) is 24.0. The molecule has 6 heteroatoms. The van der Waals surface area contributed by atoms with Crippen molar-refractivity contribution in [2.75, 3.05) is 0 Å². The third-order valence-corrected chi connectivity index (χ3v) is 10.4. The lowest BCUT2D eigenvalue weighted by Gasteiger charge is -2.62. The van der Waals surface area contributed by atoms with Crippen molar-refractivity contribution < 1.29 is 23.9 Å². The number of primary amides is 1. The molecule has 0 aromatic heterocycles. The maximum absolute atomic E-state index is 12.1. The Morgan fingerprint density at radius 1 is 0.879 bits per heavy atom. The maximum atomic E-state index is 12.1. The van der Waals surface area contributed by atoms with Gasteiger partial charge in [0, 0.05) is 26.2 Å². The number of hydrogen-bond donors (Lipinski definition) is 1. The second-order valence-corrected chi connectivity index (χ2v) is 12.1. The van der Waals surface area contributed by atoms with Gasteiger partial charge in [0.05, 0.1) is 0 Å². The van der Waals surface area contributed by atoms with E-state index in [2.05, 4.69) is 13.8 Å². The minimum Gasteiger partial charge on any atom is -0.463 e. The third-order valence-electron chi connectivity index (χ3n) is 10.4. The number of fused-ring (bicyclic) bond motifs is 5. The van der Waals surface area contributed by atoms with E-state index in [0.29, 0.717) is 36.0 Å². The number of hydrogen-bond acceptors (Lipinski definition) is 5. The van der Waals surface area contributed by atoms with Gasteiger partial charge in [0.15, 0.2) is 0 Å². The Hall–Kier alpha value is -1.59. The van der Waals surface area contributed by atoms with Crippen LogP contribution in [0.3, 0.4) is 0 Å². The first kappa shape index (κ1) is 24.5. The Labute approximate surface area is 198 Å². The standard InChI is InChI=1S/C27H43NO5/c1-16(29)32-20-10-12-27(4)19(14-20)15-23(33-17(2)30)25-21-9-8-18(6-5-7-24(28)31)26(21,3)13-11-22(25)27/h18-23,25H,5-15H2,1-4H3,(H2,28,31)/t18-,19-,20+,21-,22-,23+,25-,26+,27-/m0/s1. The summed E-state index contributed by atoms with van der Waals surface area (Å²) in [5.74, 6) is 1.95. The SMILES string of the molecule is CC(=O)O[C@@H]1CC[C@@]2(C)[C@@H](C1)C[C@@H](OC(C)=O)[C@@H]1[C@@H]2CC[C@]2(C)[C@@H](CCCC(N)=O)CC[C@@H]12. The van der Waals surface area contributed by atoms with Crippen molar-refractivity contribution in [3.05, 3.63) is 0 Å². The van der Waals surface area contributed by atoms with Crippen LogP contribution in [0.25, 0.3) is 0 Å². The number of amides is 1. The van der Waals surface area contributed by atoms with Gasteiger partial charge in [-0.05, 0) is 98.7 Å². The van der Waals surface area contributed by atoms with E-state index in [4.69, 9.17) is 15.2 Å². The summed E-state index contributed by atoms with van der Waals surface area (Å²) in [6.07, 6.45) is 10.9. The molecule has 0 saturated heterocycles. The molecule has 6 nitrogen and oxygen atoms in total. The predicted octanol–water partition coefficient (Wildman–Crippen LogP) is 4.77. The molecule has 0 aromatic rings. The Bertz CT molecular complexity index is 782. The molecule has 9 atom stereocenters. The number of nitrogens with two attached hydrogens (primary N) is 1. The summed E-state index contributed by atoms with van der Waals surface area (Å²) in [7, 11) is 0. The zero-order valence-electron chi connectivity index (χ0n) is 20.9. The molecule has 0 aromatic carbocycles. The van der Waals surface area contributed by atoms with Crippen LogP contribution in [0.1, 0.15) is 98.3 Å². The summed E-state index contributed by atoms with van der Waals surface area (Å²) in [5.41, 5.74) is 5.85. The predicted molar refractivity (Wildman–Crippen MR) is 125 cm³/mol. The number of carbonyl (C=O) groups is 3. The largest absolute Gasteiger partial charge is 0.463 e. The van der Waals surface area contributed by atoms with Crippen LogP contribution >= 0.6 is 0 Å². The molecule has 0 aliphatic heterocycles. The van der Waals surface area contributed by atoms with Crippen LogP contribution in [0.5, 0.6) is 0 Å². The van der Waals surface area contributed by atoms with Gasteiger partial charge in [0.25, 0.3) is 0 Å². The van der Waals surface area contributed by atoms with Crippen LogP contribution in [0.4, 0.5) is 0 Å². The van der Waals surface area contributed by atoms with E-state index in [1.807, 2.05) is 0 Å². The Kier molecular flexibility index (Phi) is 6.85. The summed E-state index contributed by atoms with van der Waals surface area (Å²) >= 11 is 0. The van der Waals surface area contributed by atoms with Crippen molar-refractivity contribution in [2.45, 2.75) is 111 Å². The molecule has 4 saturated carbocycles. The van der Waals surface area contributed by atoms with Crippen LogP contribution in [0, 0.1) is 40.4 Å². The van der Waals surface area contributed by atoms with E-state index in [1.54, 1.807) is 0 Å². The minimum atomic E-state index is -0.205. The van der Waals surface area contributed by atoms with E-state index in [1.165, 1.54) is 39.5 Å². The molecule has 0 bridgehead atoms. The van der Waals surface area contributed by atoms with Gasteiger partial charge < -0.3 is 15.2 Å². The van der Waals surface area contributed by atoms with Gasteiger partial charge in [-0.25, -0.2) is 0 Å². The number of esters is 2. The van der Waals surface area contributed by atoms with E-state index in [-0.39, 0.29) is 40.9 Å². The van der Waals surface area contributed by atoms with E-state index in [0.717, 1.165) is 38.5 Å². The van der Waals surface area contributed by atoms with Crippen molar-refractivity contribution in [2.24, 2.45) is 46.2 Å². The lowest BCUT2D eigenvalue weighted by Crippen LogP contribution is -2.59. The molecule has 0 unspecified atom stereocenters. The molecule has 2 N–H and O–H groups in total. The molecule has 186 valence electrons. The topological polar surface area (TPSA) is 95.7 Å². The van der Waals surface area contributed by atoms with Crippen molar-refractivity contribution in [1.82, 2.24) is 0 Å². The van der Waals surface area contributed by atoms with Gasteiger partial charge in [0.2, 0.25) is 5.91 Å². The smallest absolute Gasteiger partial charge is 0.302 e. The van der Waals surface area contributed by atoms with Gasteiger partial charge in [-0.3, -0.25) is 14.4 Å². The van der Waals surface area contributed by atoms with Gasteiger partial charge in [-0.1, -0.05) is 13.8 Å². The molecule has 4 aliphatic rings. The lowest BCUT2D eigenvalue weighted by atomic mass is 9.44. The molecule has 0 radical (unpaired) electrons. The van der Waals surface area contributed by atoms with Crippen LogP contribution in [-0.4, -0.2) is 30.1 Å². The first-order valence-corrected chi connectivity index (χ1v) is 13.2. The zero-order valence-corrected chi connectivity index (χ0v) is 20.9. The van der Waals surface area contributed by atoms with Crippen LogP contribution in [-0.2, 0) is 23.9 Å². The van der Waals surface area contributed by atoms with Gasteiger partial charge in [-0.15, -0.1) is 0 Å². The van der Waals surface area contributed by atoms with E-state index < -0.39 is 0 Å². The highest BCUT2D eigenvalue weighted by molar-refractivity contribution is 5.73. The molecule has 0 heterocycles. The van der Waals surface area contributed by atoms with Crippen molar-refractivity contribution in [3.8, 4) is 0 Å². The van der Waals surface area contributed by atoms with Crippen molar-refractivity contribution >= 4 is 17.8 Å². The molecule has 33 heavy (non-hydrogen) atoms. The molecule has 4 fully saturated rings. The first-order chi connectivity index (χ1) is 15.5. The average molecular weight is 462 g/mol.